The van der Waals surface area contributed by atoms with Crippen LogP contribution in [0.3, 0.4) is 0 Å². The zero-order valence-corrected chi connectivity index (χ0v) is 9.91. The van der Waals surface area contributed by atoms with Crippen LogP contribution >= 0.6 is 11.6 Å². The number of aromatic nitrogens is 1. The third kappa shape index (κ3) is 2.26. The smallest absolute Gasteiger partial charge is 0.130 e. The zero-order valence-electron chi connectivity index (χ0n) is 9.15. The fourth-order valence-corrected chi connectivity index (χ4v) is 1.90. The summed E-state index contributed by atoms with van der Waals surface area (Å²) in [5.41, 5.74) is 0.430. The third-order valence-electron chi connectivity index (χ3n) is 2.79. The van der Waals surface area contributed by atoms with Crippen molar-refractivity contribution in [3.8, 4) is 6.07 Å². The SMILES string of the molecule is CN1CCN(c2cc(Cl)c(C#N)cn2)CC1. The molecule has 1 aliphatic rings. The van der Waals surface area contributed by atoms with Gasteiger partial charge in [0.25, 0.3) is 0 Å². The first-order valence-corrected chi connectivity index (χ1v) is 5.57. The van der Waals surface area contributed by atoms with Gasteiger partial charge in [-0.3, -0.25) is 0 Å². The molecule has 0 aromatic carbocycles. The Balaban J connectivity index is 2.16. The lowest BCUT2D eigenvalue weighted by Crippen LogP contribution is -2.44. The standard InChI is InChI=1S/C11H13ClN4/c1-15-2-4-16(5-3-15)11-6-10(12)9(7-13)8-14-11/h6,8H,2-5H2,1H3. The molecule has 84 valence electrons. The Morgan fingerprint density at radius 2 is 2.06 bits per heavy atom. The lowest BCUT2D eigenvalue weighted by Gasteiger charge is -2.33. The first kappa shape index (κ1) is 11.2. The van der Waals surface area contributed by atoms with Crippen LogP contribution in [0.15, 0.2) is 12.3 Å². The van der Waals surface area contributed by atoms with Crippen LogP contribution in [0.25, 0.3) is 0 Å². The van der Waals surface area contributed by atoms with Crippen LogP contribution in [0.5, 0.6) is 0 Å². The molecule has 16 heavy (non-hydrogen) atoms. The molecule has 0 amide bonds. The fourth-order valence-electron chi connectivity index (χ4n) is 1.71. The molecule has 1 aromatic rings. The summed E-state index contributed by atoms with van der Waals surface area (Å²) in [6.45, 7) is 3.95. The van der Waals surface area contributed by atoms with Crippen molar-refractivity contribution in [3.63, 3.8) is 0 Å². The molecule has 2 rings (SSSR count). The van der Waals surface area contributed by atoms with Crippen molar-refractivity contribution in [3.05, 3.63) is 22.8 Å². The molecule has 0 aliphatic carbocycles. The lowest BCUT2D eigenvalue weighted by molar-refractivity contribution is 0.312. The van der Waals surface area contributed by atoms with Gasteiger partial charge in [-0.1, -0.05) is 11.6 Å². The van der Waals surface area contributed by atoms with Crippen molar-refractivity contribution >= 4 is 17.4 Å². The highest BCUT2D eigenvalue weighted by Crippen LogP contribution is 2.21. The van der Waals surface area contributed by atoms with Crippen molar-refractivity contribution in [2.24, 2.45) is 0 Å². The number of hydrogen-bond acceptors (Lipinski definition) is 4. The van der Waals surface area contributed by atoms with Crippen molar-refractivity contribution in [1.82, 2.24) is 9.88 Å². The van der Waals surface area contributed by atoms with Gasteiger partial charge >= 0.3 is 0 Å². The molecule has 0 atom stereocenters. The first-order chi connectivity index (χ1) is 7.70. The summed E-state index contributed by atoms with van der Waals surface area (Å²) in [5.74, 6) is 0.858. The maximum atomic E-state index is 8.76. The van der Waals surface area contributed by atoms with Gasteiger partial charge in [-0.25, -0.2) is 4.98 Å². The topological polar surface area (TPSA) is 43.2 Å². The number of piperazine rings is 1. The highest BCUT2D eigenvalue weighted by molar-refractivity contribution is 6.31. The van der Waals surface area contributed by atoms with Crippen molar-refractivity contribution < 1.29 is 0 Å². The third-order valence-corrected chi connectivity index (χ3v) is 3.10. The maximum absolute atomic E-state index is 8.76. The number of halogens is 1. The Bertz CT molecular complexity index is 418. The summed E-state index contributed by atoms with van der Waals surface area (Å²) in [4.78, 5) is 8.73. The fraction of sp³-hybridized carbons (Fsp3) is 0.455. The van der Waals surface area contributed by atoms with Crippen LogP contribution in [0.4, 0.5) is 5.82 Å². The molecule has 4 nitrogen and oxygen atoms in total. The number of rotatable bonds is 1. The van der Waals surface area contributed by atoms with Crippen molar-refractivity contribution in [2.45, 2.75) is 0 Å². The molecule has 0 spiro atoms. The Kier molecular flexibility index (Phi) is 3.28. The summed E-state index contributed by atoms with van der Waals surface area (Å²) in [7, 11) is 2.11. The summed E-state index contributed by atoms with van der Waals surface area (Å²) in [6, 6.07) is 3.78. The van der Waals surface area contributed by atoms with Crippen LogP contribution in [-0.4, -0.2) is 43.1 Å². The first-order valence-electron chi connectivity index (χ1n) is 5.20. The van der Waals surface area contributed by atoms with E-state index in [1.165, 1.54) is 6.20 Å². The van der Waals surface area contributed by atoms with Crippen LogP contribution in [0, 0.1) is 11.3 Å². The van der Waals surface area contributed by atoms with Gasteiger partial charge in [-0.15, -0.1) is 0 Å². The predicted molar refractivity (Wildman–Crippen MR) is 63.7 cm³/mol. The van der Waals surface area contributed by atoms with Gasteiger partial charge in [0, 0.05) is 38.4 Å². The second-order valence-corrected chi connectivity index (χ2v) is 4.33. The van der Waals surface area contributed by atoms with E-state index in [-0.39, 0.29) is 0 Å². The molecule has 1 aliphatic heterocycles. The summed E-state index contributed by atoms with van der Waals surface area (Å²) in [6.07, 6.45) is 1.54. The van der Waals surface area contributed by atoms with Gasteiger partial charge in [-0.05, 0) is 7.05 Å². The predicted octanol–water partition coefficient (Wildman–Crippen LogP) is 1.36. The molecule has 5 heteroatoms. The second kappa shape index (κ2) is 4.69. The summed E-state index contributed by atoms with van der Waals surface area (Å²) in [5, 5.41) is 9.24. The minimum Gasteiger partial charge on any atom is -0.354 e. The molecule has 1 aromatic heterocycles. The molecule has 1 saturated heterocycles. The van der Waals surface area contributed by atoms with Gasteiger partial charge in [0.1, 0.15) is 11.9 Å². The molecule has 1 fully saturated rings. The van der Waals surface area contributed by atoms with Crippen LogP contribution < -0.4 is 4.90 Å². The number of anilines is 1. The molecule has 0 bridgehead atoms. The van der Waals surface area contributed by atoms with E-state index in [9.17, 15) is 0 Å². The number of pyridine rings is 1. The number of likely N-dealkylation sites (N-methyl/N-ethyl adjacent to an activating group) is 1. The molecule has 0 N–H and O–H groups in total. The lowest BCUT2D eigenvalue weighted by atomic mass is 10.2. The van der Waals surface area contributed by atoms with Gasteiger partial charge in [0.15, 0.2) is 0 Å². The van der Waals surface area contributed by atoms with E-state index in [4.69, 9.17) is 16.9 Å². The van der Waals surface area contributed by atoms with Gasteiger partial charge in [0.2, 0.25) is 0 Å². The quantitative estimate of drug-likeness (QED) is 0.739. The van der Waals surface area contributed by atoms with Gasteiger partial charge in [-0.2, -0.15) is 5.26 Å². The highest BCUT2D eigenvalue weighted by atomic mass is 35.5. The highest BCUT2D eigenvalue weighted by Gasteiger charge is 2.16. The van der Waals surface area contributed by atoms with E-state index in [0.717, 1.165) is 32.0 Å². The van der Waals surface area contributed by atoms with E-state index in [0.29, 0.717) is 10.6 Å². The Morgan fingerprint density at radius 1 is 1.38 bits per heavy atom. The minimum atomic E-state index is 0.430. The Hall–Kier alpha value is -1.31. The number of nitrogens with zero attached hydrogens (tertiary/aromatic N) is 4. The molecule has 2 heterocycles. The van der Waals surface area contributed by atoms with E-state index in [1.54, 1.807) is 6.07 Å². The van der Waals surface area contributed by atoms with E-state index in [1.807, 2.05) is 6.07 Å². The van der Waals surface area contributed by atoms with Crippen molar-refractivity contribution in [1.29, 1.82) is 5.26 Å². The van der Waals surface area contributed by atoms with Gasteiger partial charge in [0.05, 0.1) is 10.6 Å². The molecular formula is C11H13ClN4. The number of hydrogen-bond donors (Lipinski definition) is 0. The van der Waals surface area contributed by atoms with Gasteiger partial charge < -0.3 is 9.80 Å². The molecule has 0 radical (unpaired) electrons. The van der Waals surface area contributed by atoms with E-state index in [2.05, 4.69) is 21.8 Å². The van der Waals surface area contributed by atoms with Crippen molar-refractivity contribution in [2.75, 3.05) is 38.1 Å². The summed E-state index contributed by atoms with van der Waals surface area (Å²) < 4.78 is 0. The Morgan fingerprint density at radius 3 is 2.62 bits per heavy atom. The minimum absolute atomic E-state index is 0.430. The monoisotopic (exact) mass is 236 g/mol. The average molecular weight is 237 g/mol. The number of nitriles is 1. The zero-order chi connectivity index (χ0) is 11.5. The van der Waals surface area contributed by atoms with Crippen LogP contribution in [0.1, 0.15) is 5.56 Å². The normalized spacial score (nSPS) is 17.2. The van der Waals surface area contributed by atoms with E-state index >= 15 is 0 Å². The summed E-state index contributed by atoms with van der Waals surface area (Å²) >= 11 is 5.98. The molecule has 0 unspecified atom stereocenters. The Labute approximate surface area is 100 Å². The van der Waals surface area contributed by atoms with Crippen LogP contribution in [-0.2, 0) is 0 Å². The molecule has 0 saturated carbocycles. The maximum Gasteiger partial charge on any atom is 0.130 e. The second-order valence-electron chi connectivity index (χ2n) is 3.92. The molecular weight excluding hydrogens is 224 g/mol. The largest absolute Gasteiger partial charge is 0.354 e. The van der Waals surface area contributed by atoms with E-state index < -0.39 is 0 Å². The van der Waals surface area contributed by atoms with Crippen LogP contribution in [0.2, 0.25) is 5.02 Å². The average Bonchev–Trinajstić information content (AvgIpc) is 2.30.